The molecule has 2 heteroatoms. The third kappa shape index (κ3) is 2.53. The Hall–Kier alpha value is -1.67. The van der Waals surface area contributed by atoms with Gasteiger partial charge in [-0.3, -0.25) is 4.98 Å². The van der Waals surface area contributed by atoms with Gasteiger partial charge in [-0.25, -0.2) is 0 Å². The van der Waals surface area contributed by atoms with E-state index in [1.807, 2.05) is 18.3 Å². The van der Waals surface area contributed by atoms with Crippen LogP contribution in [0.4, 0.5) is 0 Å². The summed E-state index contributed by atoms with van der Waals surface area (Å²) in [5.74, 6) is 0.694. The van der Waals surface area contributed by atoms with Crippen LogP contribution >= 0.6 is 0 Å². The SMILES string of the molecule is c1ccc([C@@H]2C[C@H]2NCc2ccccn2)cc1. The molecule has 2 aromatic rings. The Labute approximate surface area is 102 Å². The predicted octanol–water partition coefficient (Wildman–Crippen LogP) is 2.73. The van der Waals surface area contributed by atoms with E-state index in [0.717, 1.165) is 12.2 Å². The fourth-order valence-electron chi connectivity index (χ4n) is 2.23. The van der Waals surface area contributed by atoms with Gasteiger partial charge in [-0.2, -0.15) is 0 Å². The average molecular weight is 224 g/mol. The van der Waals surface area contributed by atoms with E-state index in [1.54, 1.807) is 0 Å². The number of hydrogen-bond donors (Lipinski definition) is 1. The van der Waals surface area contributed by atoms with E-state index < -0.39 is 0 Å². The van der Waals surface area contributed by atoms with Crippen LogP contribution in [-0.2, 0) is 6.54 Å². The molecule has 0 amide bonds. The van der Waals surface area contributed by atoms with Gasteiger partial charge in [0.15, 0.2) is 0 Å². The molecule has 1 aliphatic carbocycles. The molecular formula is C15H16N2. The van der Waals surface area contributed by atoms with Crippen LogP contribution in [0.25, 0.3) is 0 Å². The second-order valence-corrected chi connectivity index (χ2v) is 4.56. The van der Waals surface area contributed by atoms with Gasteiger partial charge in [0.2, 0.25) is 0 Å². The van der Waals surface area contributed by atoms with E-state index in [1.165, 1.54) is 12.0 Å². The lowest BCUT2D eigenvalue weighted by Gasteiger charge is -2.03. The first-order chi connectivity index (χ1) is 8.43. The Bertz CT molecular complexity index is 467. The van der Waals surface area contributed by atoms with Crippen molar-refractivity contribution in [2.45, 2.75) is 24.9 Å². The van der Waals surface area contributed by atoms with Crippen molar-refractivity contribution in [3.05, 3.63) is 66.0 Å². The van der Waals surface area contributed by atoms with Gasteiger partial charge in [-0.05, 0) is 24.1 Å². The number of aromatic nitrogens is 1. The molecule has 86 valence electrons. The highest BCUT2D eigenvalue weighted by atomic mass is 15.0. The average Bonchev–Trinajstić information content (AvgIpc) is 3.18. The molecule has 0 spiro atoms. The van der Waals surface area contributed by atoms with Crippen LogP contribution in [-0.4, -0.2) is 11.0 Å². The molecule has 1 aliphatic rings. The van der Waals surface area contributed by atoms with Crippen LogP contribution < -0.4 is 5.32 Å². The minimum atomic E-state index is 0.624. The Morgan fingerprint density at radius 3 is 2.65 bits per heavy atom. The van der Waals surface area contributed by atoms with Gasteiger partial charge in [0.05, 0.1) is 5.69 Å². The first-order valence-corrected chi connectivity index (χ1v) is 6.12. The number of pyridine rings is 1. The van der Waals surface area contributed by atoms with Crippen LogP contribution in [0.15, 0.2) is 54.7 Å². The van der Waals surface area contributed by atoms with Gasteiger partial charge in [0.25, 0.3) is 0 Å². The Kier molecular flexibility index (Phi) is 2.88. The van der Waals surface area contributed by atoms with Crippen LogP contribution in [0.3, 0.4) is 0 Å². The highest BCUT2D eigenvalue weighted by molar-refractivity contribution is 5.27. The molecule has 1 aromatic carbocycles. The van der Waals surface area contributed by atoms with Gasteiger partial charge in [0.1, 0.15) is 0 Å². The van der Waals surface area contributed by atoms with Crippen molar-refractivity contribution < 1.29 is 0 Å². The summed E-state index contributed by atoms with van der Waals surface area (Å²) in [5, 5.41) is 3.56. The largest absolute Gasteiger partial charge is 0.308 e. The van der Waals surface area contributed by atoms with E-state index in [9.17, 15) is 0 Å². The quantitative estimate of drug-likeness (QED) is 0.863. The molecule has 3 rings (SSSR count). The number of nitrogens with one attached hydrogen (secondary N) is 1. The van der Waals surface area contributed by atoms with E-state index in [4.69, 9.17) is 0 Å². The summed E-state index contributed by atoms with van der Waals surface area (Å²) in [4.78, 5) is 4.31. The van der Waals surface area contributed by atoms with Gasteiger partial charge in [-0.15, -0.1) is 0 Å². The Balaban J connectivity index is 1.53. The molecule has 0 aliphatic heterocycles. The minimum absolute atomic E-state index is 0.624. The summed E-state index contributed by atoms with van der Waals surface area (Å²) in [6.07, 6.45) is 3.09. The monoisotopic (exact) mass is 224 g/mol. The molecule has 17 heavy (non-hydrogen) atoms. The van der Waals surface area contributed by atoms with E-state index in [2.05, 4.69) is 46.7 Å². The standard InChI is InChI=1S/C15H16N2/c1-2-6-12(7-3-1)14-10-15(14)17-11-13-8-4-5-9-16-13/h1-9,14-15,17H,10-11H2/t14-,15+/m0/s1. The molecule has 0 bridgehead atoms. The van der Waals surface area contributed by atoms with Crippen molar-refractivity contribution in [2.24, 2.45) is 0 Å². The van der Waals surface area contributed by atoms with Crippen LogP contribution in [0.2, 0.25) is 0 Å². The van der Waals surface area contributed by atoms with E-state index in [-0.39, 0.29) is 0 Å². The molecule has 2 atom stereocenters. The lowest BCUT2D eigenvalue weighted by Crippen LogP contribution is -2.17. The summed E-state index contributed by atoms with van der Waals surface area (Å²) < 4.78 is 0. The van der Waals surface area contributed by atoms with Gasteiger partial charge in [0, 0.05) is 24.7 Å². The first kappa shape index (κ1) is 10.5. The number of nitrogens with zero attached hydrogens (tertiary/aromatic N) is 1. The van der Waals surface area contributed by atoms with Gasteiger partial charge in [-0.1, -0.05) is 36.4 Å². The molecule has 1 heterocycles. The Morgan fingerprint density at radius 1 is 1.06 bits per heavy atom. The molecule has 0 unspecified atom stereocenters. The molecule has 0 saturated heterocycles. The lowest BCUT2D eigenvalue weighted by molar-refractivity contribution is 0.661. The molecule has 0 radical (unpaired) electrons. The maximum atomic E-state index is 4.31. The lowest BCUT2D eigenvalue weighted by atomic mass is 10.1. The second kappa shape index (κ2) is 4.68. The summed E-state index contributed by atoms with van der Waals surface area (Å²) >= 11 is 0. The predicted molar refractivity (Wildman–Crippen MR) is 68.7 cm³/mol. The summed E-state index contributed by atoms with van der Waals surface area (Å²) in [5.41, 5.74) is 2.57. The number of benzene rings is 1. The van der Waals surface area contributed by atoms with Crippen molar-refractivity contribution in [1.82, 2.24) is 10.3 Å². The van der Waals surface area contributed by atoms with E-state index >= 15 is 0 Å². The number of rotatable bonds is 4. The third-order valence-electron chi connectivity index (χ3n) is 3.29. The second-order valence-electron chi connectivity index (χ2n) is 4.56. The van der Waals surface area contributed by atoms with Crippen molar-refractivity contribution in [1.29, 1.82) is 0 Å². The van der Waals surface area contributed by atoms with Crippen LogP contribution in [0, 0.1) is 0 Å². The fourth-order valence-corrected chi connectivity index (χ4v) is 2.23. The third-order valence-corrected chi connectivity index (χ3v) is 3.29. The number of hydrogen-bond acceptors (Lipinski definition) is 2. The normalized spacial score (nSPS) is 22.4. The van der Waals surface area contributed by atoms with Crippen molar-refractivity contribution >= 4 is 0 Å². The van der Waals surface area contributed by atoms with Crippen LogP contribution in [0.5, 0.6) is 0 Å². The van der Waals surface area contributed by atoms with Crippen molar-refractivity contribution in [3.8, 4) is 0 Å². The van der Waals surface area contributed by atoms with Gasteiger partial charge < -0.3 is 5.32 Å². The fraction of sp³-hybridized carbons (Fsp3) is 0.267. The molecule has 1 N–H and O–H groups in total. The van der Waals surface area contributed by atoms with Gasteiger partial charge >= 0.3 is 0 Å². The van der Waals surface area contributed by atoms with Crippen LogP contribution in [0.1, 0.15) is 23.6 Å². The maximum absolute atomic E-state index is 4.31. The first-order valence-electron chi connectivity index (χ1n) is 6.12. The molecule has 2 nitrogen and oxygen atoms in total. The summed E-state index contributed by atoms with van der Waals surface area (Å²) in [7, 11) is 0. The van der Waals surface area contributed by atoms with E-state index in [0.29, 0.717) is 12.0 Å². The van der Waals surface area contributed by atoms with Crippen molar-refractivity contribution in [3.63, 3.8) is 0 Å². The smallest absolute Gasteiger partial charge is 0.0541 e. The maximum Gasteiger partial charge on any atom is 0.0541 e. The molecular weight excluding hydrogens is 208 g/mol. The highest BCUT2D eigenvalue weighted by Gasteiger charge is 2.37. The topological polar surface area (TPSA) is 24.9 Å². The van der Waals surface area contributed by atoms with Crippen molar-refractivity contribution in [2.75, 3.05) is 0 Å². The minimum Gasteiger partial charge on any atom is -0.308 e. The molecule has 1 aromatic heterocycles. The Morgan fingerprint density at radius 2 is 1.88 bits per heavy atom. The molecule has 1 fully saturated rings. The zero-order chi connectivity index (χ0) is 11.5. The molecule has 1 saturated carbocycles. The highest BCUT2D eigenvalue weighted by Crippen LogP contribution is 2.40. The zero-order valence-electron chi connectivity index (χ0n) is 9.71. The summed E-state index contributed by atoms with van der Waals surface area (Å²) in [6.45, 7) is 0.870. The summed E-state index contributed by atoms with van der Waals surface area (Å²) in [6, 6.07) is 17.4. The zero-order valence-corrected chi connectivity index (χ0v) is 9.71.